The molecule has 0 atom stereocenters. The summed E-state index contributed by atoms with van der Waals surface area (Å²) in [6, 6.07) is 13.1. The van der Waals surface area contributed by atoms with E-state index in [2.05, 4.69) is 43.2 Å². The minimum absolute atomic E-state index is 0.0329. The average Bonchev–Trinajstić information content (AvgIpc) is 3.05. The van der Waals surface area contributed by atoms with Crippen molar-refractivity contribution < 1.29 is 4.79 Å². The van der Waals surface area contributed by atoms with Gasteiger partial charge in [-0.1, -0.05) is 51.1 Å². The molecule has 0 spiro atoms. The van der Waals surface area contributed by atoms with Gasteiger partial charge in [-0.05, 0) is 17.0 Å². The third-order valence-electron chi connectivity index (χ3n) is 4.01. The van der Waals surface area contributed by atoms with E-state index in [-0.39, 0.29) is 23.4 Å². The number of benzene rings is 1. The topological polar surface area (TPSA) is 64.0 Å². The molecule has 134 valence electrons. The van der Waals surface area contributed by atoms with E-state index in [1.54, 1.807) is 18.3 Å². The van der Waals surface area contributed by atoms with Crippen LogP contribution in [0.15, 0.2) is 58.8 Å². The monoisotopic (exact) mass is 367 g/mol. The maximum atomic E-state index is 12.1. The molecular formula is C20H21N3O2S. The minimum Gasteiger partial charge on any atom is -0.306 e. The summed E-state index contributed by atoms with van der Waals surface area (Å²) in [6.45, 7) is 6.50. The van der Waals surface area contributed by atoms with Crippen molar-refractivity contribution in [2.45, 2.75) is 32.7 Å². The highest BCUT2D eigenvalue weighted by Gasteiger charge is 2.14. The summed E-state index contributed by atoms with van der Waals surface area (Å²) < 4.78 is 1.36. The number of hydrogen-bond donors (Lipinski definition) is 1. The molecule has 2 heterocycles. The number of anilines is 1. The minimum atomic E-state index is -0.276. The predicted molar refractivity (Wildman–Crippen MR) is 106 cm³/mol. The van der Waals surface area contributed by atoms with E-state index in [4.69, 9.17) is 0 Å². The lowest BCUT2D eigenvalue weighted by Crippen LogP contribution is -2.26. The van der Waals surface area contributed by atoms with Gasteiger partial charge in [0.25, 0.3) is 5.56 Å². The van der Waals surface area contributed by atoms with Crippen molar-refractivity contribution in [2.75, 3.05) is 5.32 Å². The zero-order valence-corrected chi connectivity index (χ0v) is 15.8. The van der Waals surface area contributed by atoms with Crippen LogP contribution in [0.1, 0.15) is 26.3 Å². The molecule has 0 radical (unpaired) electrons. The number of nitrogens with zero attached hydrogens (tertiary/aromatic N) is 2. The molecule has 0 fully saturated rings. The van der Waals surface area contributed by atoms with Gasteiger partial charge in [0.05, 0.1) is 5.69 Å². The first kappa shape index (κ1) is 18.1. The third-order valence-corrected chi connectivity index (χ3v) is 4.77. The molecule has 2 aromatic heterocycles. The summed E-state index contributed by atoms with van der Waals surface area (Å²) in [4.78, 5) is 28.3. The first-order valence-corrected chi connectivity index (χ1v) is 9.23. The van der Waals surface area contributed by atoms with Gasteiger partial charge in [-0.3, -0.25) is 9.59 Å². The molecule has 5 nitrogen and oxygen atoms in total. The molecule has 0 unspecified atom stereocenters. The zero-order chi connectivity index (χ0) is 18.7. The van der Waals surface area contributed by atoms with Crippen molar-refractivity contribution in [3.8, 4) is 11.3 Å². The average molecular weight is 367 g/mol. The van der Waals surface area contributed by atoms with Gasteiger partial charge >= 0.3 is 0 Å². The SMILES string of the molecule is CC(C)(C)c1ccc(-c2csc(NC(=O)Cn3ccccc3=O)n2)cc1. The Hall–Kier alpha value is -2.73. The van der Waals surface area contributed by atoms with Gasteiger partial charge < -0.3 is 9.88 Å². The van der Waals surface area contributed by atoms with Crippen LogP contribution >= 0.6 is 11.3 Å². The lowest BCUT2D eigenvalue weighted by molar-refractivity contribution is -0.116. The van der Waals surface area contributed by atoms with Crippen molar-refractivity contribution in [1.29, 1.82) is 0 Å². The second-order valence-corrected chi connectivity index (χ2v) is 7.94. The summed E-state index contributed by atoms with van der Waals surface area (Å²) in [5, 5.41) is 5.19. The lowest BCUT2D eigenvalue weighted by atomic mass is 9.86. The van der Waals surface area contributed by atoms with E-state index in [9.17, 15) is 9.59 Å². The summed E-state index contributed by atoms with van der Waals surface area (Å²) in [6.07, 6.45) is 1.59. The van der Waals surface area contributed by atoms with Gasteiger partial charge in [-0.15, -0.1) is 11.3 Å². The van der Waals surface area contributed by atoms with E-state index in [0.29, 0.717) is 5.13 Å². The van der Waals surface area contributed by atoms with Crippen LogP contribution in [-0.4, -0.2) is 15.5 Å². The standard InChI is InChI=1S/C20H21N3O2S/c1-20(2,3)15-9-7-14(8-10-15)16-13-26-19(21-16)22-17(24)12-23-11-5-4-6-18(23)25/h4-11,13H,12H2,1-3H3,(H,21,22,24). The molecule has 0 bridgehead atoms. The molecule has 0 aliphatic rings. The molecule has 26 heavy (non-hydrogen) atoms. The number of amides is 1. The van der Waals surface area contributed by atoms with Crippen LogP contribution in [0, 0.1) is 0 Å². The maximum absolute atomic E-state index is 12.1. The van der Waals surface area contributed by atoms with E-state index in [1.807, 2.05) is 17.5 Å². The normalized spacial score (nSPS) is 11.3. The fourth-order valence-electron chi connectivity index (χ4n) is 2.51. The van der Waals surface area contributed by atoms with Crippen molar-refractivity contribution >= 4 is 22.4 Å². The molecular weight excluding hydrogens is 346 g/mol. The van der Waals surface area contributed by atoms with Crippen molar-refractivity contribution in [3.63, 3.8) is 0 Å². The second kappa shape index (κ2) is 7.25. The van der Waals surface area contributed by atoms with Gasteiger partial charge in [0.15, 0.2) is 5.13 Å². The molecule has 6 heteroatoms. The van der Waals surface area contributed by atoms with Gasteiger partial charge in [0.2, 0.25) is 5.91 Å². The highest BCUT2D eigenvalue weighted by Crippen LogP contribution is 2.28. The summed E-state index contributed by atoms with van der Waals surface area (Å²) in [5.41, 5.74) is 2.99. The first-order valence-electron chi connectivity index (χ1n) is 8.35. The van der Waals surface area contributed by atoms with Crippen LogP contribution in [0.25, 0.3) is 11.3 Å². The Kier molecular flexibility index (Phi) is 5.04. The fourth-order valence-corrected chi connectivity index (χ4v) is 3.25. The van der Waals surface area contributed by atoms with Crippen LogP contribution < -0.4 is 10.9 Å². The number of aromatic nitrogens is 2. The Morgan fingerprint density at radius 2 is 1.88 bits per heavy atom. The van der Waals surface area contributed by atoms with Crippen LogP contribution in [0.3, 0.4) is 0 Å². The molecule has 3 aromatic rings. The highest BCUT2D eigenvalue weighted by molar-refractivity contribution is 7.14. The second-order valence-electron chi connectivity index (χ2n) is 7.08. The van der Waals surface area contributed by atoms with Crippen molar-refractivity contribution in [1.82, 2.24) is 9.55 Å². The molecule has 0 saturated carbocycles. The highest BCUT2D eigenvalue weighted by atomic mass is 32.1. The number of hydrogen-bond acceptors (Lipinski definition) is 4. The molecule has 0 saturated heterocycles. The molecule has 1 aromatic carbocycles. The number of pyridine rings is 1. The largest absolute Gasteiger partial charge is 0.306 e. The van der Waals surface area contributed by atoms with Gasteiger partial charge in [0, 0.05) is 23.2 Å². The van der Waals surface area contributed by atoms with Crippen LogP contribution in [0.5, 0.6) is 0 Å². The van der Waals surface area contributed by atoms with Gasteiger partial charge in [0.1, 0.15) is 6.54 Å². The van der Waals surface area contributed by atoms with E-state index < -0.39 is 0 Å². The van der Waals surface area contributed by atoms with E-state index in [0.717, 1.165) is 11.3 Å². The molecule has 0 aliphatic carbocycles. The maximum Gasteiger partial charge on any atom is 0.250 e. The summed E-state index contributed by atoms with van der Waals surface area (Å²) in [5.74, 6) is -0.276. The quantitative estimate of drug-likeness (QED) is 0.760. The predicted octanol–water partition coefficient (Wildman–Crippen LogP) is 3.91. The summed E-state index contributed by atoms with van der Waals surface area (Å²) >= 11 is 1.37. The number of rotatable bonds is 4. The molecule has 3 rings (SSSR count). The third kappa shape index (κ3) is 4.26. The van der Waals surface area contributed by atoms with E-state index in [1.165, 1.54) is 27.5 Å². The Balaban J connectivity index is 1.69. The summed E-state index contributed by atoms with van der Waals surface area (Å²) in [7, 11) is 0. The number of carbonyl (C=O) groups is 1. The zero-order valence-electron chi connectivity index (χ0n) is 15.0. The first-order chi connectivity index (χ1) is 12.3. The Morgan fingerprint density at radius 3 is 2.54 bits per heavy atom. The van der Waals surface area contributed by atoms with E-state index >= 15 is 0 Å². The van der Waals surface area contributed by atoms with Gasteiger partial charge in [-0.2, -0.15) is 0 Å². The Morgan fingerprint density at radius 1 is 1.15 bits per heavy atom. The fraction of sp³-hybridized carbons (Fsp3) is 0.250. The Labute approximate surface area is 156 Å². The number of thiazole rings is 1. The van der Waals surface area contributed by atoms with Crippen molar-refractivity contribution in [3.05, 3.63) is 70.0 Å². The van der Waals surface area contributed by atoms with Gasteiger partial charge in [-0.25, -0.2) is 4.98 Å². The molecule has 1 amide bonds. The number of nitrogens with one attached hydrogen (secondary N) is 1. The molecule has 0 aliphatic heterocycles. The van der Waals surface area contributed by atoms with Crippen LogP contribution in [0.2, 0.25) is 0 Å². The smallest absolute Gasteiger partial charge is 0.250 e. The lowest BCUT2D eigenvalue weighted by Gasteiger charge is -2.18. The van der Waals surface area contributed by atoms with Crippen LogP contribution in [0.4, 0.5) is 5.13 Å². The van der Waals surface area contributed by atoms with Crippen LogP contribution in [-0.2, 0) is 16.8 Å². The number of carbonyl (C=O) groups excluding carboxylic acids is 1. The Bertz CT molecular complexity index is 965. The van der Waals surface area contributed by atoms with Crippen molar-refractivity contribution in [2.24, 2.45) is 0 Å². The molecule has 1 N–H and O–H groups in total.